The molecule has 3 aliphatic rings. The smallest absolute Gasteiger partial charge is 0.271 e. The Labute approximate surface area is 196 Å². The van der Waals surface area contributed by atoms with Crippen molar-refractivity contribution in [1.82, 2.24) is 19.7 Å². The van der Waals surface area contributed by atoms with Gasteiger partial charge in [-0.15, -0.1) is 0 Å². The summed E-state index contributed by atoms with van der Waals surface area (Å²) in [4.78, 5) is 31.8. The van der Waals surface area contributed by atoms with Crippen molar-refractivity contribution < 1.29 is 14.0 Å². The first kappa shape index (κ1) is 22.5. The number of carbonyl (C=O) groups excluding carboxylic acids is 2. The molecule has 2 aliphatic heterocycles. The molecule has 33 heavy (non-hydrogen) atoms. The minimum Gasteiger partial charge on any atom is -0.463 e. The average Bonchev–Trinajstić information content (AvgIpc) is 3.31. The van der Waals surface area contributed by atoms with Gasteiger partial charge < -0.3 is 24.1 Å². The molecule has 1 N–H and O–H groups in total. The first-order chi connectivity index (χ1) is 16.1. The highest BCUT2D eigenvalue weighted by molar-refractivity contribution is 6.02. The van der Waals surface area contributed by atoms with Gasteiger partial charge >= 0.3 is 0 Å². The molecule has 0 bridgehead atoms. The number of aromatic nitrogens is 1. The summed E-state index contributed by atoms with van der Waals surface area (Å²) in [6, 6.07) is 3.93. The van der Waals surface area contributed by atoms with Gasteiger partial charge in [0.15, 0.2) is 5.58 Å². The number of carbonyl (C=O) groups is 2. The van der Waals surface area contributed by atoms with E-state index in [1.165, 1.54) is 32.1 Å². The Morgan fingerprint density at radius 2 is 1.82 bits per heavy atom. The van der Waals surface area contributed by atoms with E-state index in [2.05, 4.69) is 10.2 Å². The van der Waals surface area contributed by atoms with Gasteiger partial charge in [-0.3, -0.25) is 9.59 Å². The van der Waals surface area contributed by atoms with Crippen LogP contribution in [0, 0.1) is 0 Å². The Morgan fingerprint density at radius 3 is 2.58 bits per heavy atom. The first-order valence-corrected chi connectivity index (χ1v) is 13.0. The van der Waals surface area contributed by atoms with E-state index in [4.69, 9.17) is 4.42 Å². The number of nitrogens with one attached hydrogen (secondary N) is 1. The summed E-state index contributed by atoms with van der Waals surface area (Å²) in [6.07, 6.45) is 13.3. The monoisotopic (exact) mass is 454 g/mol. The van der Waals surface area contributed by atoms with Gasteiger partial charge in [0.2, 0.25) is 5.91 Å². The van der Waals surface area contributed by atoms with Gasteiger partial charge in [0.1, 0.15) is 11.2 Å². The Bertz CT molecular complexity index is 981. The normalized spacial score (nSPS) is 25.2. The van der Waals surface area contributed by atoms with Crippen LogP contribution in [0.4, 0.5) is 0 Å². The van der Waals surface area contributed by atoms with Crippen molar-refractivity contribution in [1.29, 1.82) is 0 Å². The maximum absolute atomic E-state index is 13.8. The zero-order valence-corrected chi connectivity index (χ0v) is 20.0. The van der Waals surface area contributed by atoms with Crippen molar-refractivity contribution in [3.8, 4) is 0 Å². The standard InChI is InChI=1S/C26H38N4O3/c1-26(25(32)27-20-10-5-2-3-6-11-20)19-29-21-12-17-33-23(21)18-22(29)24(31)30(26)16-9-15-28-13-7-4-8-14-28/h12,17-18,20H,2-11,13-16,19H2,1H3,(H,27,32). The molecule has 1 unspecified atom stereocenters. The fraction of sp³-hybridized carbons (Fsp3) is 0.692. The molecule has 2 fully saturated rings. The number of amides is 2. The molecule has 1 saturated carbocycles. The van der Waals surface area contributed by atoms with E-state index in [-0.39, 0.29) is 17.9 Å². The van der Waals surface area contributed by atoms with E-state index in [9.17, 15) is 9.59 Å². The molecular weight excluding hydrogens is 416 g/mol. The molecule has 1 saturated heterocycles. The quantitative estimate of drug-likeness (QED) is 0.666. The predicted octanol–water partition coefficient (Wildman–Crippen LogP) is 4.16. The molecule has 180 valence electrons. The van der Waals surface area contributed by atoms with Crippen molar-refractivity contribution in [2.24, 2.45) is 0 Å². The number of fused-ring (bicyclic) bond motifs is 3. The van der Waals surface area contributed by atoms with Crippen LogP contribution in [0.1, 0.15) is 81.6 Å². The molecule has 2 aromatic heterocycles. The number of furan rings is 1. The summed E-state index contributed by atoms with van der Waals surface area (Å²) in [5.74, 6) is -0.0819. The lowest BCUT2D eigenvalue weighted by atomic mass is 9.93. The Morgan fingerprint density at radius 1 is 1.09 bits per heavy atom. The van der Waals surface area contributed by atoms with Gasteiger partial charge in [-0.1, -0.05) is 32.1 Å². The van der Waals surface area contributed by atoms with Crippen molar-refractivity contribution in [2.75, 3.05) is 26.2 Å². The highest BCUT2D eigenvalue weighted by Gasteiger charge is 2.48. The van der Waals surface area contributed by atoms with Crippen LogP contribution < -0.4 is 5.32 Å². The largest absolute Gasteiger partial charge is 0.463 e. The second kappa shape index (κ2) is 9.53. The van der Waals surface area contributed by atoms with E-state index in [1.54, 1.807) is 6.26 Å². The van der Waals surface area contributed by atoms with E-state index >= 15 is 0 Å². The molecule has 7 heteroatoms. The third-order valence-electron chi connectivity index (χ3n) is 8.03. The zero-order valence-electron chi connectivity index (χ0n) is 20.0. The summed E-state index contributed by atoms with van der Waals surface area (Å²) in [5, 5.41) is 3.34. The number of nitrogens with zero attached hydrogens (tertiary/aromatic N) is 3. The van der Waals surface area contributed by atoms with Gasteiger partial charge in [0.05, 0.1) is 18.3 Å². The lowest BCUT2D eigenvalue weighted by molar-refractivity contribution is -0.133. The van der Waals surface area contributed by atoms with Crippen LogP contribution in [0.15, 0.2) is 22.8 Å². The third-order valence-corrected chi connectivity index (χ3v) is 8.03. The molecule has 1 atom stereocenters. The Hall–Kier alpha value is -2.28. The SMILES string of the molecule is CC1(C(=O)NC2CCCCCC2)Cn2c(cc3occc32)C(=O)N1CCCN1CCCCC1. The van der Waals surface area contributed by atoms with Crippen LogP contribution in [0.5, 0.6) is 0 Å². The topological polar surface area (TPSA) is 70.7 Å². The predicted molar refractivity (Wildman–Crippen MR) is 128 cm³/mol. The highest BCUT2D eigenvalue weighted by Crippen LogP contribution is 2.33. The molecule has 0 aromatic carbocycles. The number of rotatable bonds is 6. The van der Waals surface area contributed by atoms with Crippen molar-refractivity contribution in [3.63, 3.8) is 0 Å². The minimum atomic E-state index is -0.915. The van der Waals surface area contributed by atoms with Crippen LogP contribution in [0.25, 0.3) is 11.1 Å². The molecule has 0 spiro atoms. The van der Waals surface area contributed by atoms with Crippen LogP contribution in [0.2, 0.25) is 0 Å². The maximum Gasteiger partial charge on any atom is 0.271 e. The summed E-state index contributed by atoms with van der Waals surface area (Å²) >= 11 is 0. The Balaban J connectivity index is 1.38. The second-order valence-corrected chi connectivity index (χ2v) is 10.4. The molecule has 4 heterocycles. The molecular formula is C26H38N4O3. The lowest BCUT2D eigenvalue weighted by Gasteiger charge is -2.45. The van der Waals surface area contributed by atoms with Crippen LogP contribution in [0.3, 0.4) is 0 Å². The van der Waals surface area contributed by atoms with E-state index in [0.717, 1.165) is 57.3 Å². The molecule has 7 nitrogen and oxygen atoms in total. The number of hydrogen-bond donors (Lipinski definition) is 1. The molecule has 5 rings (SSSR count). The van der Waals surface area contributed by atoms with Gasteiger partial charge in [-0.2, -0.15) is 0 Å². The molecule has 0 radical (unpaired) electrons. The summed E-state index contributed by atoms with van der Waals surface area (Å²) in [5.41, 5.74) is 1.31. The third kappa shape index (κ3) is 4.44. The number of piperidine rings is 1. The first-order valence-electron chi connectivity index (χ1n) is 13.0. The average molecular weight is 455 g/mol. The van der Waals surface area contributed by atoms with Gasteiger partial charge in [0.25, 0.3) is 5.91 Å². The highest BCUT2D eigenvalue weighted by atomic mass is 16.3. The fourth-order valence-electron chi connectivity index (χ4n) is 6.02. The number of hydrogen-bond acceptors (Lipinski definition) is 4. The molecule has 1 aliphatic carbocycles. The summed E-state index contributed by atoms with van der Waals surface area (Å²) < 4.78 is 7.56. The van der Waals surface area contributed by atoms with Crippen LogP contribution in [-0.2, 0) is 11.3 Å². The maximum atomic E-state index is 13.8. The Kier molecular flexibility index (Phi) is 6.50. The second-order valence-electron chi connectivity index (χ2n) is 10.4. The van der Waals surface area contributed by atoms with Crippen LogP contribution in [-0.4, -0.2) is 63.9 Å². The summed E-state index contributed by atoms with van der Waals surface area (Å²) in [6.45, 7) is 6.27. The van der Waals surface area contributed by atoms with Gasteiger partial charge in [-0.05, 0) is 58.7 Å². The van der Waals surface area contributed by atoms with E-state index < -0.39 is 5.54 Å². The van der Waals surface area contributed by atoms with E-state index in [0.29, 0.717) is 24.4 Å². The van der Waals surface area contributed by atoms with Crippen molar-refractivity contribution >= 4 is 22.9 Å². The van der Waals surface area contributed by atoms with Crippen molar-refractivity contribution in [3.05, 3.63) is 24.1 Å². The fourth-order valence-corrected chi connectivity index (χ4v) is 6.02. The lowest BCUT2D eigenvalue weighted by Crippen LogP contribution is -2.65. The van der Waals surface area contributed by atoms with Crippen LogP contribution >= 0.6 is 0 Å². The molecule has 2 amide bonds. The summed E-state index contributed by atoms with van der Waals surface area (Å²) in [7, 11) is 0. The van der Waals surface area contributed by atoms with E-state index in [1.807, 2.05) is 28.5 Å². The van der Waals surface area contributed by atoms with Crippen molar-refractivity contribution in [2.45, 2.75) is 89.3 Å². The zero-order chi connectivity index (χ0) is 22.8. The molecule has 2 aromatic rings. The van der Waals surface area contributed by atoms with Gasteiger partial charge in [0, 0.05) is 24.7 Å². The van der Waals surface area contributed by atoms with Gasteiger partial charge in [-0.25, -0.2) is 0 Å². The number of likely N-dealkylation sites (tertiary alicyclic amines) is 1. The minimum absolute atomic E-state index is 0.0169.